The van der Waals surface area contributed by atoms with Crippen LogP contribution in [-0.4, -0.2) is 56.9 Å². The van der Waals surface area contributed by atoms with Crippen molar-refractivity contribution in [2.75, 3.05) is 24.8 Å². The summed E-state index contributed by atoms with van der Waals surface area (Å²) < 4.78 is 6.81. The van der Waals surface area contributed by atoms with Crippen molar-refractivity contribution in [1.82, 2.24) is 24.9 Å². The Hall–Kier alpha value is -3.40. The first-order valence-electron chi connectivity index (χ1n) is 8.92. The number of aliphatic hydroxyl groups is 1. The fourth-order valence-corrected chi connectivity index (χ4v) is 3.05. The molecule has 10 heteroatoms. The predicted octanol–water partition coefficient (Wildman–Crippen LogP) is 1.17. The number of amides is 1. The van der Waals surface area contributed by atoms with Gasteiger partial charge in [0.1, 0.15) is 22.9 Å². The van der Waals surface area contributed by atoms with Crippen molar-refractivity contribution in [3.05, 3.63) is 36.2 Å². The number of carbonyl (C=O) groups excluding carboxylic acids is 1. The Kier molecular flexibility index (Phi) is 4.70. The van der Waals surface area contributed by atoms with Gasteiger partial charge in [-0.3, -0.25) is 4.79 Å². The van der Waals surface area contributed by atoms with Gasteiger partial charge in [0.2, 0.25) is 5.88 Å². The van der Waals surface area contributed by atoms with E-state index in [4.69, 9.17) is 4.74 Å². The smallest absolute Gasteiger partial charge is 0.257 e. The van der Waals surface area contributed by atoms with Crippen LogP contribution in [0.4, 0.5) is 17.3 Å². The number of nitrogens with one attached hydrogen (secondary N) is 3. The highest BCUT2D eigenvalue weighted by Gasteiger charge is 2.31. The summed E-state index contributed by atoms with van der Waals surface area (Å²) in [6, 6.07) is 5.14. The molecule has 10 nitrogen and oxygen atoms in total. The van der Waals surface area contributed by atoms with Crippen molar-refractivity contribution in [2.45, 2.75) is 25.0 Å². The first-order chi connectivity index (χ1) is 13.6. The van der Waals surface area contributed by atoms with Crippen molar-refractivity contribution in [2.24, 2.45) is 0 Å². The van der Waals surface area contributed by atoms with E-state index < -0.39 is 6.10 Å². The number of anilines is 3. The molecule has 4 N–H and O–H groups in total. The minimum atomic E-state index is -0.498. The maximum absolute atomic E-state index is 12.7. The average molecular weight is 383 g/mol. The van der Waals surface area contributed by atoms with Crippen LogP contribution in [0.15, 0.2) is 30.6 Å². The van der Waals surface area contributed by atoms with E-state index >= 15 is 0 Å². The third-order valence-corrected chi connectivity index (χ3v) is 4.75. The Labute approximate surface area is 161 Å². The monoisotopic (exact) mass is 383 g/mol. The van der Waals surface area contributed by atoms with Gasteiger partial charge in [0.15, 0.2) is 5.65 Å². The maximum Gasteiger partial charge on any atom is 0.257 e. The molecule has 0 bridgehead atoms. The van der Waals surface area contributed by atoms with Gasteiger partial charge in [-0.15, -0.1) is 0 Å². The highest BCUT2D eigenvalue weighted by atomic mass is 16.5. The van der Waals surface area contributed by atoms with Gasteiger partial charge in [0.05, 0.1) is 25.5 Å². The van der Waals surface area contributed by atoms with Crippen molar-refractivity contribution in [1.29, 1.82) is 0 Å². The average Bonchev–Trinajstić information content (AvgIpc) is 3.14. The third-order valence-electron chi connectivity index (χ3n) is 4.75. The molecule has 0 spiro atoms. The Morgan fingerprint density at radius 3 is 2.93 bits per heavy atom. The van der Waals surface area contributed by atoms with E-state index in [1.54, 1.807) is 29.9 Å². The highest BCUT2D eigenvalue weighted by Crippen LogP contribution is 2.27. The zero-order chi connectivity index (χ0) is 19.7. The van der Waals surface area contributed by atoms with E-state index in [2.05, 4.69) is 31.0 Å². The van der Waals surface area contributed by atoms with Crippen LogP contribution < -0.4 is 20.7 Å². The van der Waals surface area contributed by atoms with E-state index in [-0.39, 0.29) is 11.9 Å². The van der Waals surface area contributed by atoms with E-state index in [0.29, 0.717) is 40.8 Å². The number of methoxy groups -OCH3 is 1. The predicted molar refractivity (Wildman–Crippen MR) is 103 cm³/mol. The van der Waals surface area contributed by atoms with Gasteiger partial charge in [-0.25, -0.2) is 9.97 Å². The number of ether oxygens (including phenoxy) is 1. The number of hydrogen-bond acceptors (Lipinski definition) is 8. The summed E-state index contributed by atoms with van der Waals surface area (Å²) in [7, 11) is 3.30. The van der Waals surface area contributed by atoms with Crippen molar-refractivity contribution in [3.63, 3.8) is 0 Å². The molecule has 1 aliphatic carbocycles. The topological polar surface area (TPSA) is 126 Å². The van der Waals surface area contributed by atoms with Gasteiger partial charge in [-0.1, -0.05) is 0 Å². The molecule has 2 atom stereocenters. The van der Waals surface area contributed by atoms with Crippen LogP contribution in [0.3, 0.4) is 0 Å². The molecule has 1 aliphatic rings. The molecule has 3 aromatic rings. The standard InChI is InChI=1S/C18H21N7O3/c1-19-15-8-14(22-12-4-3-7-20-18(12)28-2)24-16-10(9-21-25(15)16)17(27)23-11-5-6-13(11)26/h3-4,7-9,11,13,19,26H,5-6H2,1-2H3,(H,22,24)(H,23,27)/t11-,13+/m0/s1. The first-order valence-corrected chi connectivity index (χ1v) is 8.92. The van der Waals surface area contributed by atoms with Gasteiger partial charge in [-0.2, -0.15) is 9.61 Å². The van der Waals surface area contributed by atoms with Crippen LogP contribution in [0.5, 0.6) is 5.88 Å². The minimum Gasteiger partial charge on any atom is -0.480 e. The quantitative estimate of drug-likeness (QED) is 0.500. The lowest BCUT2D eigenvalue weighted by molar-refractivity contribution is 0.0448. The number of pyridine rings is 1. The zero-order valence-electron chi connectivity index (χ0n) is 15.5. The van der Waals surface area contributed by atoms with Crippen molar-refractivity contribution < 1.29 is 14.6 Å². The summed E-state index contributed by atoms with van der Waals surface area (Å²) in [5.41, 5.74) is 1.37. The SMILES string of the molecule is CNc1cc(Nc2cccnc2OC)nc2c(C(=O)N[C@H]3CC[C@H]3O)cnn12. The maximum atomic E-state index is 12.7. The van der Waals surface area contributed by atoms with Crippen LogP contribution in [-0.2, 0) is 0 Å². The Morgan fingerprint density at radius 1 is 1.39 bits per heavy atom. The van der Waals surface area contributed by atoms with E-state index in [0.717, 1.165) is 6.42 Å². The molecule has 1 fully saturated rings. The lowest BCUT2D eigenvalue weighted by atomic mass is 9.89. The summed E-state index contributed by atoms with van der Waals surface area (Å²) in [6.45, 7) is 0. The minimum absolute atomic E-state index is 0.229. The molecule has 0 saturated heterocycles. The molecule has 1 saturated carbocycles. The van der Waals surface area contributed by atoms with Crippen LogP contribution in [0.25, 0.3) is 5.65 Å². The molecule has 3 aromatic heterocycles. The number of carbonyl (C=O) groups is 1. The molecule has 1 amide bonds. The molecule has 0 unspecified atom stereocenters. The first kappa shape index (κ1) is 18.0. The van der Waals surface area contributed by atoms with E-state index in [1.165, 1.54) is 13.3 Å². The second-order valence-corrected chi connectivity index (χ2v) is 6.48. The molecular weight excluding hydrogens is 362 g/mol. The zero-order valence-corrected chi connectivity index (χ0v) is 15.5. The number of nitrogens with zero attached hydrogens (tertiary/aromatic N) is 4. The lowest BCUT2D eigenvalue weighted by Gasteiger charge is -2.32. The number of rotatable bonds is 6. The summed E-state index contributed by atoms with van der Waals surface area (Å²) in [5, 5.41) is 23.0. The number of aromatic nitrogens is 4. The van der Waals surface area contributed by atoms with Gasteiger partial charge in [0.25, 0.3) is 5.91 Å². The number of hydrogen-bond donors (Lipinski definition) is 4. The second-order valence-electron chi connectivity index (χ2n) is 6.48. The normalized spacial score (nSPS) is 18.4. The lowest BCUT2D eigenvalue weighted by Crippen LogP contribution is -2.50. The Balaban J connectivity index is 1.69. The largest absolute Gasteiger partial charge is 0.480 e. The molecule has 28 heavy (non-hydrogen) atoms. The molecule has 0 radical (unpaired) electrons. The van der Waals surface area contributed by atoms with Crippen LogP contribution >= 0.6 is 0 Å². The fraction of sp³-hybridized carbons (Fsp3) is 0.333. The summed E-state index contributed by atoms with van der Waals surface area (Å²) in [4.78, 5) is 21.4. The number of fused-ring (bicyclic) bond motifs is 1. The molecule has 4 rings (SSSR count). The molecule has 146 valence electrons. The van der Waals surface area contributed by atoms with Gasteiger partial charge < -0.3 is 25.8 Å². The van der Waals surface area contributed by atoms with Crippen molar-refractivity contribution >= 4 is 28.9 Å². The molecule has 0 aromatic carbocycles. The van der Waals surface area contributed by atoms with Crippen LogP contribution in [0.1, 0.15) is 23.2 Å². The van der Waals surface area contributed by atoms with E-state index in [1.807, 2.05) is 6.07 Å². The van der Waals surface area contributed by atoms with Crippen LogP contribution in [0.2, 0.25) is 0 Å². The Bertz CT molecular complexity index is 1020. The van der Waals surface area contributed by atoms with Gasteiger partial charge >= 0.3 is 0 Å². The van der Waals surface area contributed by atoms with Crippen molar-refractivity contribution in [3.8, 4) is 5.88 Å². The second kappa shape index (κ2) is 7.31. The summed E-state index contributed by atoms with van der Waals surface area (Å²) in [6.07, 6.45) is 4.06. The van der Waals surface area contributed by atoms with Crippen LogP contribution in [0, 0.1) is 0 Å². The molecule has 0 aliphatic heterocycles. The fourth-order valence-electron chi connectivity index (χ4n) is 3.05. The summed E-state index contributed by atoms with van der Waals surface area (Å²) >= 11 is 0. The van der Waals surface area contributed by atoms with Gasteiger partial charge in [0, 0.05) is 19.3 Å². The third kappa shape index (κ3) is 3.18. The Morgan fingerprint density at radius 2 is 2.25 bits per heavy atom. The van der Waals surface area contributed by atoms with E-state index in [9.17, 15) is 9.90 Å². The molecule has 3 heterocycles. The highest BCUT2D eigenvalue weighted by molar-refractivity contribution is 6.00. The summed E-state index contributed by atoms with van der Waals surface area (Å²) in [5.74, 6) is 1.27. The number of aliphatic hydroxyl groups excluding tert-OH is 1. The van der Waals surface area contributed by atoms with Gasteiger partial charge in [-0.05, 0) is 25.0 Å². The molecular formula is C18H21N7O3.